The summed E-state index contributed by atoms with van der Waals surface area (Å²) >= 11 is 1.75. The molecule has 4 nitrogen and oxygen atoms in total. The molecule has 0 unspecified atom stereocenters. The molecule has 0 aromatic carbocycles. The van der Waals surface area contributed by atoms with Gasteiger partial charge in [0.1, 0.15) is 0 Å². The Kier molecular flexibility index (Phi) is 5.33. The molecule has 126 valence electrons. The van der Waals surface area contributed by atoms with Crippen molar-refractivity contribution in [3.05, 3.63) is 64.1 Å². The molecular formula is C19H22N2O2S. The summed E-state index contributed by atoms with van der Waals surface area (Å²) in [4.78, 5) is 14.6. The van der Waals surface area contributed by atoms with Crippen molar-refractivity contribution in [3.63, 3.8) is 0 Å². The predicted octanol–water partition coefficient (Wildman–Crippen LogP) is 3.63. The molecule has 0 bridgehead atoms. The number of aliphatic carboxylic acids is 1. The van der Waals surface area contributed by atoms with E-state index >= 15 is 0 Å². The van der Waals surface area contributed by atoms with Gasteiger partial charge in [-0.3, -0.25) is 4.90 Å². The van der Waals surface area contributed by atoms with Crippen LogP contribution in [0.2, 0.25) is 0 Å². The molecule has 2 aromatic heterocycles. The molecule has 0 spiro atoms. The second kappa shape index (κ2) is 7.64. The van der Waals surface area contributed by atoms with Crippen LogP contribution in [0.1, 0.15) is 23.4 Å². The van der Waals surface area contributed by atoms with Crippen LogP contribution in [-0.2, 0) is 11.8 Å². The Balaban J connectivity index is 1.70. The van der Waals surface area contributed by atoms with Crippen LogP contribution >= 0.6 is 11.3 Å². The standard InChI is InChI=1S/C19H22N2O2S/c1-20-10-4-8-17(20)16(18-9-5-13-24-18)7-3-12-21-11-2-6-15(14-21)19(22)23/h4-10,13H,2-3,11-12,14H2,1H3,(H,22,23). The van der Waals surface area contributed by atoms with Gasteiger partial charge in [-0.25, -0.2) is 4.79 Å². The lowest BCUT2D eigenvalue weighted by atomic mass is 10.1. The zero-order chi connectivity index (χ0) is 16.9. The number of aromatic nitrogens is 1. The van der Waals surface area contributed by atoms with Crippen LogP contribution in [0.4, 0.5) is 0 Å². The highest BCUT2D eigenvalue weighted by Gasteiger charge is 2.17. The van der Waals surface area contributed by atoms with E-state index in [9.17, 15) is 4.79 Å². The van der Waals surface area contributed by atoms with E-state index in [1.807, 2.05) is 6.08 Å². The van der Waals surface area contributed by atoms with Crippen molar-refractivity contribution in [1.82, 2.24) is 9.47 Å². The van der Waals surface area contributed by atoms with Crippen LogP contribution in [0.15, 0.2) is 53.6 Å². The van der Waals surface area contributed by atoms with E-state index in [4.69, 9.17) is 5.11 Å². The molecule has 0 fully saturated rings. The van der Waals surface area contributed by atoms with E-state index < -0.39 is 5.97 Å². The number of aryl methyl sites for hydroxylation is 1. The summed E-state index contributed by atoms with van der Waals surface area (Å²) in [6, 6.07) is 8.42. The van der Waals surface area contributed by atoms with Gasteiger partial charge < -0.3 is 9.67 Å². The normalized spacial score (nSPS) is 16.2. The fourth-order valence-corrected chi connectivity index (χ4v) is 3.82. The van der Waals surface area contributed by atoms with E-state index in [1.54, 1.807) is 11.3 Å². The molecule has 0 aliphatic carbocycles. The molecule has 1 aliphatic heterocycles. The van der Waals surface area contributed by atoms with Crippen LogP contribution in [0.5, 0.6) is 0 Å². The van der Waals surface area contributed by atoms with Gasteiger partial charge in [-0.1, -0.05) is 18.2 Å². The van der Waals surface area contributed by atoms with Crippen molar-refractivity contribution in [2.24, 2.45) is 7.05 Å². The molecule has 3 rings (SSSR count). The van der Waals surface area contributed by atoms with Gasteiger partial charge >= 0.3 is 5.97 Å². The third kappa shape index (κ3) is 3.86. The van der Waals surface area contributed by atoms with Gasteiger partial charge in [0.2, 0.25) is 0 Å². The maximum atomic E-state index is 11.1. The zero-order valence-electron chi connectivity index (χ0n) is 13.8. The molecule has 1 N–H and O–H groups in total. The molecule has 0 saturated carbocycles. The first kappa shape index (κ1) is 16.7. The minimum absolute atomic E-state index is 0.520. The first-order valence-corrected chi connectivity index (χ1v) is 9.03. The van der Waals surface area contributed by atoms with Crippen molar-refractivity contribution < 1.29 is 9.90 Å². The minimum atomic E-state index is -0.793. The van der Waals surface area contributed by atoms with Crippen molar-refractivity contribution in [1.29, 1.82) is 0 Å². The van der Waals surface area contributed by atoms with Gasteiger partial charge in [-0.2, -0.15) is 0 Å². The highest BCUT2D eigenvalue weighted by atomic mass is 32.1. The zero-order valence-corrected chi connectivity index (χ0v) is 14.6. The van der Waals surface area contributed by atoms with Crippen molar-refractivity contribution in [3.8, 4) is 0 Å². The topological polar surface area (TPSA) is 45.5 Å². The van der Waals surface area contributed by atoms with E-state index in [2.05, 4.69) is 58.4 Å². The lowest BCUT2D eigenvalue weighted by Gasteiger charge is -2.25. The van der Waals surface area contributed by atoms with E-state index in [0.717, 1.165) is 25.9 Å². The molecule has 1 aliphatic rings. The number of carboxylic acids is 1. The largest absolute Gasteiger partial charge is 0.478 e. The van der Waals surface area contributed by atoms with Crippen LogP contribution in [0.25, 0.3) is 5.57 Å². The quantitative estimate of drug-likeness (QED) is 0.872. The fourth-order valence-electron chi connectivity index (χ4n) is 3.05. The Bertz CT molecular complexity index is 756. The van der Waals surface area contributed by atoms with Gasteiger partial charge in [-0.15, -0.1) is 11.3 Å². The molecule has 0 amide bonds. The third-order valence-electron chi connectivity index (χ3n) is 4.30. The molecule has 0 radical (unpaired) electrons. The number of rotatable bonds is 6. The summed E-state index contributed by atoms with van der Waals surface area (Å²) < 4.78 is 2.14. The Morgan fingerprint density at radius 3 is 2.92 bits per heavy atom. The van der Waals surface area contributed by atoms with Crippen LogP contribution in [0, 0.1) is 0 Å². The van der Waals surface area contributed by atoms with Crippen molar-refractivity contribution in [2.75, 3.05) is 19.6 Å². The first-order valence-electron chi connectivity index (χ1n) is 8.15. The van der Waals surface area contributed by atoms with Gasteiger partial charge in [0.25, 0.3) is 0 Å². The summed E-state index contributed by atoms with van der Waals surface area (Å²) in [5, 5.41) is 11.2. The highest BCUT2D eigenvalue weighted by molar-refractivity contribution is 7.11. The number of nitrogens with zero attached hydrogens (tertiary/aromatic N) is 2. The summed E-state index contributed by atoms with van der Waals surface area (Å²) in [6.07, 6.45) is 7.91. The third-order valence-corrected chi connectivity index (χ3v) is 5.21. The summed E-state index contributed by atoms with van der Waals surface area (Å²) in [5.41, 5.74) is 2.98. The summed E-state index contributed by atoms with van der Waals surface area (Å²) in [5.74, 6) is -0.793. The second-order valence-electron chi connectivity index (χ2n) is 5.99. The fraction of sp³-hybridized carbons (Fsp3) is 0.316. The van der Waals surface area contributed by atoms with Gasteiger partial charge in [-0.05, 0) is 36.4 Å². The Hall–Kier alpha value is -2.11. The smallest absolute Gasteiger partial charge is 0.332 e. The van der Waals surface area contributed by atoms with Gasteiger partial charge in [0.05, 0.1) is 0 Å². The molecule has 3 heterocycles. The maximum Gasteiger partial charge on any atom is 0.332 e. The summed E-state index contributed by atoms with van der Waals surface area (Å²) in [6.45, 7) is 2.36. The SMILES string of the molecule is Cn1cccc1C(=CCCN1CCC=C(C(=O)O)C1)c1cccs1. The molecule has 5 heteroatoms. The molecule has 24 heavy (non-hydrogen) atoms. The number of hydrogen-bond acceptors (Lipinski definition) is 3. The number of thiophene rings is 1. The summed E-state index contributed by atoms with van der Waals surface area (Å²) in [7, 11) is 2.06. The molecule has 0 atom stereocenters. The van der Waals surface area contributed by atoms with Crippen LogP contribution in [0.3, 0.4) is 0 Å². The van der Waals surface area contributed by atoms with E-state index in [-0.39, 0.29) is 0 Å². The highest BCUT2D eigenvalue weighted by Crippen LogP contribution is 2.27. The lowest BCUT2D eigenvalue weighted by Crippen LogP contribution is -2.32. The lowest BCUT2D eigenvalue weighted by molar-refractivity contribution is -0.133. The number of hydrogen-bond donors (Lipinski definition) is 1. The Morgan fingerprint density at radius 1 is 1.38 bits per heavy atom. The minimum Gasteiger partial charge on any atom is -0.478 e. The maximum absolute atomic E-state index is 11.1. The van der Waals surface area contributed by atoms with E-state index in [0.29, 0.717) is 12.1 Å². The molecule has 0 saturated heterocycles. The first-order chi connectivity index (χ1) is 11.6. The Labute approximate surface area is 146 Å². The second-order valence-corrected chi connectivity index (χ2v) is 6.94. The van der Waals surface area contributed by atoms with Gasteiger partial charge in [0, 0.05) is 54.6 Å². The van der Waals surface area contributed by atoms with Gasteiger partial charge in [0.15, 0.2) is 0 Å². The van der Waals surface area contributed by atoms with Crippen molar-refractivity contribution in [2.45, 2.75) is 12.8 Å². The molecular weight excluding hydrogens is 320 g/mol. The average molecular weight is 342 g/mol. The van der Waals surface area contributed by atoms with Crippen molar-refractivity contribution >= 4 is 22.9 Å². The molecule has 2 aromatic rings. The van der Waals surface area contributed by atoms with E-state index in [1.165, 1.54) is 16.1 Å². The predicted molar refractivity (Wildman–Crippen MR) is 98.2 cm³/mol. The average Bonchev–Trinajstić information content (AvgIpc) is 3.24. The monoisotopic (exact) mass is 342 g/mol. The number of carboxylic acid groups (broad SMARTS) is 1. The Morgan fingerprint density at radius 2 is 2.25 bits per heavy atom. The van der Waals surface area contributed by atoms with Crippen LogP contribution < -0.4 is 0 Å². The van der Waals surface area contributed by atoms with Crippen LogP contribution in [-0.4, -0.2) is 40.2 Å². The number of carbonyl (C=O) groups is 1.